The number of benzene rings is 1. The third kappa shape index (κ3) is 6.22. The van der Waals surface area contributed by atoms with Crippen molar-refractivity contribution in [1.29, 1.82) is 0 Å². The predicted octanol–water partition coefficient (Wildman–Crippen LogP) is 3.60. The van der Waals surface area contributed by atoms with Gasteiger partial charge in [-0.05, 0) is 45.0 Å². The van der Waals surface area contributed by atoms with Crippen molar-refractivity contribution in [2.75, 3.05) is 20.1 Å². The van der Waals surface area contributed by atoms with Gasteiger partial charge in [0.2, 0.25) is 0 Å². The van der Waals surface area contributed by atoms with E-state index in [1.165, 1.54) is 30.4 Å². The summed E-state index contributed by atoms with van der Waals surface area (Å²) in [5.74, 6) is 0. The van der Waals surface area contributed by atoms with E-state index in [0.29, 0.717) is 6.04 Å². The average molecular weight is 262 g/mol. The van der Waals surface area contributed by atoms with Crippen molar-refractivity contribution in [3.05, 3.63) is 35.4 Å². The second-order valence-electron chi connectivity index (χ2n) is 5.60. The Morgan fingerprint density at radius 2 is 1.95 bits per heavy atom. The molecule has 0 radical (unpaired) electrons. The summed E-state index contributed by atoms with van der Waals surface area (Å²) in [4.78, 5) is 2.43. The lowest BCUT2D eigenvalue weighted by Crippen LogP contribution is -2.37. The van der Waals surface area contributed by atoms with E-state index in [4.69, 9.17) is 0 Å². The van der Waals surface area contributed by atoms with Gasteiger partial charge in [-0.3, -0.25) is 4.90 Å². The van der Waals surface area contributed by atoms with Gasteiger partial charge in [-0.25, -0.2) is 0 Å². The third-order valence-electron chi connectivity index (χ3n) is 3.83. The summed E-state index contributed by atoms with van der Waals surface area (Å²) in [5.41, 5.74) is 2.82. The Morgan fingerprint density at radius 3 is 2.63 bits per heavy atom. The molecule has 1 aromatic carbocycles. The molecular formula is C17H30N2. The van der Waals surface area contributed by atoms with E-state index in [9.17, 15) is 0 Å². The molecule has 1 atom stereocenters. The number of unbranched alkanes of at least 4 members (excludes halogenated alkanes) is 2. The van der Waals surface area contributed by atoms with Crippen LogP contribution < -0.4 is 5.32 Å². The Morgan fingerprint density at radius 1 is 1.21 bits per heavy atom. The molecule has 0 aliphatic heterocycles. The molecule has 2 heteroatoms. The summed E-state index contributed by atoms with van der Waals surface area (Å²) < 4.78 is 0. The SMILES string of the molecule is CCCCCNCC(C)N(C)Cc1ccccc1C. The van der Waals surface area contributed by atoms with Gasteiger partial charge in [-0.2, -0.15) is 0 Å². The molecule has 0 heterocycles. The molecule has 0 aliphatic carbocycles. The van der Waals surface area contributed by atoms with E-state index in [2.05, 4.69) is 62.3 Å². The lowest BCUT2D eigenvalue weighted by molar-refractivity contribution is 0.242. The Hall–Kier alpha value is -0.860. The zero-order valence-electron chi connectivity index (χ0n) is 13.1. The lowest BCUT2D eigenvalue weighted by Gasteiger charge is -2.25. The van der Waals surface area contributed by atoms with Crippen LogP contribution in [0.1, 0.15) is 44.2 Å². The van der Waals surface area contributed by atoms with E-state index < -0.39 is 0 Å². The maximum atomic E-state index is 3.56. The van der Waals surface area contributed by atoms with E-state index in [1.54, 1.807) is 0 Å². The number of likely N-dealkylation sites (N-methyl/N-ethyl adjacent to an activating group) is 1. The number of hydrogen-bond acceptors (Lipinski definition) is 2. The molecule has 2 nitrogen and oxygen atoms in total. The fraction of sp³-hybridized carbons (Fsp3) is 0.647. The van der Waals surface area contributed by atoms with Crippen LogP contribution in [0.3, 0.4) is 0 Å². The Balaban J connectivity index is 2.28. The molecule has 1 N–H and O–H groups in total. The molecule has 0 bridgehead atoms. The number of aryl methyl sites for hydroxylation is 1. The van der Waals surface area contributed by atoms with Crippen LogP contribution >= 0.6 is 0 Å². The van der Waals surface area contributed by atoms with E-state index >= 15 is 0 Å². The van der Waals surface area contributed by atoms with Gasteiger partial charge in [0.05, 0.1) is 0 Å². The monoisotopic (exact) mass is 262 g/mol. The molecule has 0 saturated carbocycles. The van der Waals surface area contributed by atoms with Crippen LogP contribution in [-0.2, 0) is 6.54 Å². The summed E-state index contributed by atoms with van der Waals surface area (Å²) in [7, 11) is 2.21. The highest BCUT2D eigenvalue weighted by Crippen LogP contribution is 2.10. The average Bonchev–Trinajstić information content (AvgIpc) is 2.41. The van der Waals surface area contributed by atoms with Gasteiger partial charge in [0.25, 0.3) is 0 Å². The Labute approximate surface area is 119 Å². The summed E-state index contributed by atoms with van der Waals surface area (Å²) in [5, 5.41) is 3.56. The molecule has 0 aliphatic rings. The zero-order chi connectivity index (χ0) is 14.1. The van der Waals surface area contributed by atoms with Gasteiger partial charge in [-0.15, -0.1) is 0 Å². The van der Waals surface area contributed by atoms with Crippen molar-refractivity contribution in [3.63, 3.8) is 0 Å². The highest BCUT2D eigenvalue weighted by molar-refractivity contribution is 5.25. The lowest BCUT2D eigenvalue weighted by atomic mass is 10.1. The second kappa shape index (κ2) is 9.11. The van der Waals surface area contributed by atoms with Crippen LogP contribution in [0.2, 0.25) is 0 Å². The topological polar surface area (TPSA) is 15.3 Å². The predicted molar refractivity (Wildman–Crippen MR) is 84.5 cm³/mol. The minimum absolute atomic E-state index is 0.571. The molecular weight excluding hydrogens is 232 g/mol. The summed E-state index contributed by atoms with van der Waals surface area (Å²) >= 11 is 0. The van der Waals surface area contributed by atoms with Crippen molar-refractivity contribution in [2.45, 2.75) is 52.6 Å². The van der Waals surface area contributed by atoms with Crippen LogP contribution in [0.5, 0.6) is 0 Å². The van der Waals surface area contributed by atoms with Crippen molar-refractivity contribution in [1.82, 2.24) is 10.2 Å². The minimum Gasteiger partial charge on any atom is -0.315 e. The van der Waals surface area contributed by atoms with Gasteiger partial charge >= 0.3 is 0 Å². The molecule has 1 rings (SSSR count). The zero-order valence-corrected chi connectivity index (χ0v) is 13.1. The summed E-state index contributed by atoms with van der Waals surface area (Å²) in [6.45, 7) is 9.99. The van der Waals surface area contributed by atoms with E-state index in [1.807, 2.05) is 0 Å². The number of nitrogens with one attached hydrogen (secondary N) is 1. The molecule has 0 fully saturated rings. The maximum absolute atomic E-state index is 3.56. The molecule has 0 spiro atoms. The fourth-order valence-electron chi connectivity index (χ4n) is 2.18. The van der Waals surface area contributed by atoms with Crippen molar-refractivity contribution < 1.29 is 0 Å². The van der Waals surface area contributed by atoms with Gasteiger partial charge in [-0.1, -0.05) is 44.0 Å². The first kappa shape index (κ1) is 16.2. The molecule has 0 aromatic heterocycles. The molecule has 0 amide bonds. The van der Waals surface area contributed by atoms with Crippen LogP contribution in [0.25, 0.3) is 0 Å². The van der Waals surface area contributed by atoms with Crippen molar-refractivity contribution >= 4 is 0 Å². The first-order valence-electron chi connectivity index (χ1n) is 7.60. The fourth-order valence-corrected chi connectivity index (χ4v) is 2.18. The Bertz CT molecular complexity index is 349. The van der Waals surface area contributed by atoms with Crippen LogP contribution in [0.4, 0.5) is 0 Å². The van der Waals surface area contributed by atoms with Crippen LogP contribution in [0.15, 0.2) is 24.3 Å². The normalized spacial score (nSPS) is 12.9. The Kier molecular flexibility index (Phi) is 7.76. The van der Waals surface area contributed by atoms with Crippen LogP contribution in [0, 0.1) is 6.92 Å². The second-order valence-corrected chi connectivity index (χ2v) is 5.60. The summed E-state index contributed by atoms with van der Waals surface area (Å²) in [6.07, 6.45) is 3.93. The van der Waals surface area contributed by atoms with Crippen LogP contribution in [-0.4, -0.2) is 31.1 Å². The van der Waals surface area contributed by atoms with E-state index in [-0.39, 0.29) is 0 Å². The number of rotatable bonds is 9. The van der Waals surface area contributed by atoms with Crippen molar-refractivity contribution in [2.24, 2.45) is 0 Å². The standard InChI is InChI=1S/C17H30N2/c1-5-6-9-12-18-13-16(3)19(4)14-17-11-8-7-10-15(17)2/h7-8,10-11,16,18H,5-6,9,12-14H2,1-4H3. The van der Waals surface area contributed by atoms with E-state index in [0.717, 1.165) is 19.6 Å². The number of hydrogen-bond donors (Lipinski definition) is 1. The van der Waals surface area contributed by atoms with Gasteiger partial charge in [0, 0.05) is 19.1 Å². The number of nitrogens with zero attached hydrogens (tertiary/aromatic N) is 1. The molecule has 0 saturated heterocycles. The highest BCUT2D eigenvalue weighted by Gasteiger charge is 2.09. The maximum Gasteiger partial charge on any atom is 0.0236 e. The highest BCUT2D eigenvalue weighted by atomic mass is 15.1. The third-order valence-corrected chi connectivity index (χ3v) is 3.83. The van der Waals surface area contributed by atoms with Crippen molar-refractivity contribution in [3.8, 4) is 0 Å². The smallest absolute Gasteiger partial charge is 0.0236 e. The molecule has 1 unspecified atom stereocenters. The molecule has 19 heavy (non-hydrogen) atoms. The minimum atomic E-state index is 0.571. The van der Waals surface area contributed by atoms with Gasteiger partial charge in [0.15, 0.2) is 0 Å². The largest absolute Gasteiger partial charge is 0.315 e. The molecule has 108 valence electrons. The molecule has 1 aromatic rings. The van der Waals surface area contributed by atoms with Gasteiger partial charge < -0.3 is 5.32 Å². The quantitative estimate of drug-likeness (QED) is 0.684. The first-order valence-corrected chi connectivity index (χ1v) is 7.60. The summed E-state index contributed by atoms with van der Waals surface area (Å²) in [6, 6.07) is 9.23. The first-order chi connectivity index (χ1) is 9.15. The van der Waals surface area contributed by atoms with Gasteiger partial charge in [0.1, 0.15) is 0 Å².